The summed E-state index contributed by atoms with van der Waals surface area (Å²) in [6, 6.07) is 8.47. The third kappa shape index (κ3) is 3.20. The van der Waals surface area contributed by atoms with E-state index < -0.39 is 18.5 Å². The SMILES string of the molecule is Cc1cc(Cl)ccc1-c1ccc(I)c(=O)n1CC(F)F. The molecule has 106 valence electrons. The molecule has 2 rings (SSSR count). The molecule has 0 aliphatic carbocycles. The number of benzene rings is 1. The quantitative estimate of drug-likeness (QED) is 0.691. The van der Waals surface area contributed by atoms with Gasteiger partial charge in [-0.05, 0) is 59.3 Å². The molecule has 0 aliphatic rings. The van der Waals surface area contributed by atoms with Gasteiger partial charge >= 0.3 is 0 Å². The summed E-state index contributed by atoms with van der Waals surface area (Å²) in [6.07, 6.45) is -2.59. The second-order valence-corrected chi connectivity index (χ2v) is 5.93. The Labute approximate surface area is 133 Å². The zero-order valence-electron chi connectivity index (χ0n) is 10.5. The Morgan fingerprint density at radius 2 is 2.00 bits per heavy atom. The van der Waals surface area contributed by atoms with E-state index in [1.807, 2.05) is 29.5 Å². The van der Waals surface area contributed by atoms with Gasteiger partial charge in [0.25, 0.3) is 12.0 Å². The Bertz CT molecular complexity index is 700. The van der Waals surface area contributed by atoms with Crippen molar-refractivity contribution in [1.29, 1.82) is 0 Å². The molecule has 0 saturated carbocycles. The fraction of sp³-hybridized carbons (Fsp3) is 0.214. The summed E-state index contributed by atoms with van der Waals surface area (Å²) in [4.78, 5) is 12.1. The molecule has 0 aliphatic heterocycles. The van der Waals surface area contributed by atoms with Gasteiger partial charge in [0.1, 0.15) is 0 Å². The summed E-state index contributed by atoms with van der Waals surface area (Å²) < 4.78 is 26.9. The fourth-order valence-electron chi connectivity index (χ4n) is 2.02. The number of aromatic nitrogens is 1. The summed E-state index contributed by atoms with van der Waals surface area (Å²) in [5.74, 6) is 0. The van der Waals surface area contributed by atoms with Gasteiger partial charge in [0.05, 0.1) is 15.8 Å². The number of nitrogens with zero attached hydrogens (tertiary/aromatic N) is 1. The molecular weight excluding hydrogens is 399 g/mol. The smallest absolute Gasteiger partial charge is 0.264 e. The summed E-state index contributed by atoms with van der Waals surface area (Å²) >= 11 is 7.74. The van der Waals surface area contributed by atoms with Gasteiger partial charge in [-0.25, -0.2) is 8.78 Å². The van der Waals surface area contributed by atoms with Crippen molar-refractivity contribution in [3.8, 4) is 11.3 Å². The molecular formula is C14H11ClF2INO. The number of rotatable bonds is 3. The van der Waals surface area contributed by atoms with E-state index in [0.29, 0.717) is 14.3 Å². The summed E-state index contributed by atoms with van der Waals surface area (Å²) in [6.45, 7) is 1.21. The highest BCUT2D eigenvalue weighted by Crippen LogP contribution is 2.26. The molecule has 1 heterocycles. The maximum absolute atomic E-state index is 12.7. The van der Waals surface area contributed by atoms with Crippen molar-refractivity contribution in [2.45, 2.75) is 19.9 Å². The highest BCUT2D eigenvalue weighted by molar-refractivity contribution is 14.1. The van der Waals surface area contributed by atoms with E-state index in [9.17, 15) is 13.6 Å². The predicted molar refractivity (Wildman–Crippen MR) is 84.6 cm³/mol. The third-order valence-electron chi connectivity index (χ3n) is 2.91. The first-order valence-electron chi connectivity index (χ1n) is 5.84. The normalized spacial score (nSPS) is 11.1. The van der Waals surface area contributed by atoms with E-state index >= 15 is 0 Å². The highest BCUT2D eigenvalue weighted by Gasteiger charge is 2.14. The van der Waals surface area contributed by atoms with Crippen LogP contribution in [0.4, 0.5) is 8.78 Å². The topological polar surface area (TPSA) is 22.0 Å². The van der Waals surface area contributed by atoms with Gasteiger partial charge in [-0.1, -0.05) is 17.7 Å². The predicted octanol–water partition coefficient (Wildman–Crippen LogP) is 4.35. The molecule has 0 spiro atoms. The first-order chi connectivity index (χ1) is 9.40. The lowest BCUT2D eigenvalue weighted by Gasteiger charge is -2.15. The van der Waals surface area contributed by atoms with Crippen molar-refractivity contribution < 1.29 is 8.78 Å². The maximum Gasteiger partial charge on any atom is 0.264 e. The number of hydrogen-bond donors (Lipinski definition) is 0. The molecule has 6 heteroatoms. The van der Waals surface area contributed by atoms with Crippen LogP contribution in [0.5, 0.6) is 0 Å². The van der Waals surface area contributed by atoms with E-state index in [1.54, 1.807) is 30.3 Å². The molecule has 0 amide bonds. The number of halogens is 4. The van der Waals surface area contributed by atoms with Crippen LogP contribution in [0, 0.1) is 10.5 Å². The molecule has 1 aromatic heterocycles. The zero-order valence-corrected chi connectivity index (χ0v) is 13.5. The Morgan fingerprint density at radius 3 is 2.60 bits per heavy atom. The fourth-order valence-corrected chi connectivity index (χ4v) is 2.72. The number of aryl methyl sites for hydroxylation is 1. The van der Waals surface area contributed by atoms with Crippen LogP contribution >= 0.6 is 34.2 Å². The van der Waals surface area contributed by atoms with Crippen LogP contribution in [-0.4, -0.2) is 11.0 Å². The zero-order chi connectivity index (χ0) is 14.9. The second kappa shape index (κ2) is 6.22. The Kier molecular flexibility index (Phi) is 4.80. The standard InChI is InChI=1S/C14H11ClF2INO/c1-8-6-9(15)2-3-10(8)12-5-4-11(18)14(20)19(12)7-13(16)17/h2-6,13H,7H2,1H3. The van der Waals surface area contributed by atoms with E-state index in [0.717, 1.165) is 15.7 Å². The van der Waals surface area contributed by atoms with Gasteiger partial charge in [-0.15, -0.1) is 0 Å². The van der Waals surface area contributed by atoms with E-state index in [-0.39, 0.29) is 0 Å². The molecule has 0 unspecified atom stereocenters. The van der Waals surface area contributed by atoms with Crippen molar-refractivity contribution in [3.05, 3.63) is 54.8 Å². The van der Waals surface area contributed by atoms with Crippen LogP contribution in [-0.2, 0) is 6.54 Å². The van der Waals surface area contributed by atoms with Gasteiger partial charge in [-0.3, -0.25) is 4.79 Å². The van der Waals surface area contributed by atoms with Crippen LogP contribution in [0.15, 0.2) is 35.1 Å². The average Bonchev–Trinajstić information content (AvgIpc) is 2.36. The lowest BCUT2D eigenvalue weighted by atomic mass is 10.0. The summed E-state index contributed by atoms with van der Waals surface area (Å²) in [7, 11) is 0. The number of pyridine rings is 1. The minimum absolute atomic E-state index is 0.405. The van der Waals surface area contributed by atoms with Crippen LogP contribution in [0.3, 0.4) is 0 Å². The third-order valence-corrected chi connectivity index (χ3v) is 3.97. The van der Waals surface area contributed by atoms with Crippen molar-refractivity contribution >= 4 is 34.2 Å². The molecule has 1 aromatic carbocycles. The molecule has 0 saturated heterocycles. The Morgan fingerprint density at radius 1 is 1.30 bits per heavy atom. The number of hydrogen-bond acceptors (Lipinski definition) is 1. The van der Waals surface area contributed by atoms with Crippen LogP contribution in [0.25, 0.3) is 11.3 Å². The minimum Gasteiger partial charge on any atom is -0.302 e. The molecule has 20 heavy (non-hydrogen) atoms. The summed E-state index contributed by atoms with van der Waals surface area (Å²) in [5.41, 5.74) is 1.63. The first kappa shape index (κ1) is 15.4. The molecule has 0 bridgehead atoms. The van der Waals surface area contributed by atoms with Gasteiger partial charge < -0.3 is 4.57 Å². The molecule has 0 fully saturated rings. The molecule has 2 nitrogen and oxygen atoms in total. The van der Waals surface area contributed by atoms with Gasteiger partial charge in [0.15, 0.2) is 0 Å². The van der Waals surface area contributed by atoms with Gasteiger partial charge in [-0.2, -0.15) is 0 Å². The van der Waals surface area contributed by atoms with Crippen molar-refractivity contribution in [2.24, 2.45) is 0 Å². The van der Waals surface area contributed by atoms with Crippen LogP contribution in [0.1, 0.15) is 5.56 Å². The van der Waals surface area contributed by atoms with Crippen molar-refractivity contribution in [3.63, 3.8) is 0 Å². The van der Waals surface area contributed by atoms with Crippen molar-refractivity contribution in [1.82, 2.24) is 4.57 Å². The van der Waals surface area contributed by atoms with Crippen molar-refractivity contribution in [2.75, 3.05) is 0 Å². The van der Waals surface area contributed by atoms with Gasteiger partial charge in [0.2, 0.25) is 0 Å². The minimum atomic E-state index is -2.59. The first-order valence-corrected chi connectivity index (χ1v) is 7.30. The lowest BCUT2D eigenvalue weighted by molar-refractivity contribution is 0.125. The van der Waals surface area contributed by atoms with Crippen LogP contribution < -0.4 is 5.56 Å². The molecule has 0 atom stereocenters. The molecule has 0 radical (unpaired) electrons. The van der Waals surface area contributed by atoms with E-state index in [2.05, 4.69) is 0 Å². The summed E-state index contributed by atoms with van der Waals surface area (Å²) in [5, 5.41) is 0.569. The largest absolute Gasteiger partial charge is 0.302 e. The van der Waals surface area contributed by atoms with E-state index in [1.165, 1.54) is 0 Å². The number of alkyl halides is 2. The Hall–Kier alpha value is -0.950. The monoisotopic (exact) mass is 409 g/mol. The molecule has 2 aromatic rings. The van der Waals surface area contributed by atoms with Crippen LogP contribution in [0.2, 0.25) is 5.02 Å². The molecule has 0 N–H and O–H groups in total. The average molecular weight is 410 g/mol. The second-order valence-electron chi connectivity index (χ2n) is 4.33. The lowest BCUT2D eigenvalue weighted by Crippen LogP contribution is -2.26. The Balaban J connectivity index is 2.67. The van der Waals surface area contributed by atoms with E-state index in [4.69, 9.17) is 11.6 Å². The highest BCUT2D eigenvalue weighted by atomic mass is 127. The maximum atomic E-state index is 12.7. The van der Waals surface area contributed by atoms with Gasteiger partial charge in [0, 0.05) is 10.6 Å².